The lowest BCUT2D eigenvalue weighted by atomic mass is 10.1. The summed E-state index contributed by atoms with van der Waals surface area (Å²) in [5.41, 5.74) is -1.41. The maximum absolute atomic E-state index is 13.0. The van der Waals surface area contributed by atoms with Gasteiger partial charge in [0.1, 0.15) is 0 Å². The minimum Gasteiger partial charge on any atom is -0.455 e. The number of para-hydroxylation sites is 1. The van der Waals surface area contributed by atoms with Crippen LogP contribution in [0.25, 0.3) is 0 Å². The Morgan fingerprint density at radius 3 is 2.11 bits per heavy atom. The molecule has 4 nitrogen and oxygen atoms in total. The molecule has 1 amide bonds. The van der Waals surface area contributed by atoms with Crippen molar-refractivity contribution in [1.29, 1.82) is 0 Å². The normalized spacial score (nSPS) is 11.2. The highest BCUT2D eigenvalue weighted by Gasteiger charge is 2.34. The van der Waals surface area contributed by atoms with Crippen LogP contribution in [0, 0.1) is 0 Å². The molecule has 0 aliphatic carbocycles. The van der Waals surface area contributed by atoms with Crippen LogP contribution in [0.2, 0.25) is 15.1 Å². The number of ether oxygens (including phenoxy) is 1. The molecular formula is C17H11Cl3F3NO3. The number of anilines is 1. The van der Waals surface area contributed by atoms with Crippen LogP contribution in [0.15, 0.2) is 36.4 Å². The summed E-state index contributed by atoms with van der Waals surface area (Å²) >= 11 is 17.6. The van der Waals surface area contributed by atoms with Crippen LogP contribution >= 0.6 is 34.8 Å². The lowest BCUT2D eigenvalue weighted by Crippen LogP contribution is -2.23. The molecule has 0 unspecified atom stereocenters. The Labute approximate surface area is 167 Å². The van der Waals surface area contributed by atoms with E-state index in [4.69, 9.17) is 39.5 Å². The van der Waals surface area contributed by atoms with Crippen molar-refractivity contribution < 1.29 is 27.5 Å². The summed E-state index contributed by atoms with van der Waals surface area (Å²) in [4.78, 5) is 23.7. The van der Waals surface area contributed by atoms with E-state index in [1.54, 1.807) is 6.07 Å². The SMILES string of the molecule is O=C(COC(=O)Cc1c(Cl)cccc1Cl)Nc1c(Cl)cccc1C(F)(F)F. The maximum atomic E-state index is 13.0. The zero-order valence-corrected chi connectivity index (χ0v) is 15.6. The molecule has 10 heteroatoms. The van der Waals surface area contributed by atoms with Gasteiger partial charge in [-0.05, 0) is 24.3 Å². The Bertz CT molecular complexity index is 852. The van der Waals surface area contributed by atoms with Gasteiger partial charge >= 0.3 is 12.1 Å². The number of nitrogens with one attached hydrogen (secondary N) is 1. The van der Waals surface area contributed by atoms with Gasteiger partial charge in [-0.25, -0.2) is 0 Å². The van der Waals surface area contributed by atoms with Crippen LogP contribution < -0.4 is 5.32 Å². The Morgan fingerprint density at radius 2 is 1.52 bits per heavy atom. The molecule has 0 aliphatic rings. The number of hydrogen-bond acceptors (Lipinski definition) is 3. The number of amides is 1. The Morgan fingerprint density at radius 1 is 0.963 bits per heavy atom. The molecule has 0 saturated carbocycles. The monoisotopic (exact) mass is 439 g/mol. The smallest absolute Gasteiger partial charge is 0.418 e. The third kappa shape index (κ3) is 5.76. The van der Waals surface area contributed by atoms with E-state index in [1.807, 2.05) is 5.32 Å². The number of carbonyl (C=O) groups excluding carboxylic acids is 2. The molecule has 0 aliphatic heterocycles. The molecule has 0 saturated heterocycles. The first kappa shape index (κ1) is 21.3. The predicted octanol–water partition coefficient (Wildman–Crippen LogP) is 5.39. The molecule has 2 aromatic rings. The van der Waals surface area contributed by atoms with Crippen LogP contribution in [0.1, 0.15) is 11.1 Å². The lowest BCUT2D eigenvalue weighted by Gasteiger charge is -2.15. The van der Waals surface area contributed by atoms with Crippen molar-refractivity contribution in [3.05, 3.63) is 62.6 Å². The van der Waals surface area contributed by atoms with E-state index in [0.29, 0.717) is 5.56 Å². The van der Waals surface area contributed by atoms with Gasteiger partial charge in [0, 0.05) is 15.6 Å². The zero-order chi connectivity index (χ0) is 20.2. The van der Waals surface area contributed by atoms with Crippen LogP contribution in [0.5, 0.6) is 0 Å². The van der Waals surface area contributed by atoms with Crippen LogP contribution in [-0.4, -0.2) is 18.5 Å². The van der Waals surface area contributed by atoms with Gasteiger partial charge in [-0.2, -0.15) is 13.2 Å². The third-order valence-electron chi connectivity index (χ3n) is 3.33. The third-order valence-corrected chi connectivity index (χ3v) is 4.35. The predicted molar refractivity (Wildman–Crippen MR) is 96.2 cm³/mol. The number of benzene rings is 2. The van der Waals surface area contributed by atoms with Gasteiger partial charge in [-0.15, -0.1) is 0 Å². The van der Waals surface area contributed by atoms with Crippen LogP contribution in [0.3, 0.4) is 0 Å². The average Bonchev–Trinajstić information content (AvgIpc) is 2.57. The van der Waals surface area contributed by atoms with Gasteiger partial charge in [0.2, 0.25) is 0 Å². The molecule has 0 heterocycles. The van der Waals surface area contributed by atoms with Gasteiger partial charge in [-0.1, -0.05) is 46.9 Å². The first-order valence-corrected chi connectivity index (χ1v) is 8.47. The van der Waals surface area contributed by atoms with Gasteiger partial charge in [0.05, 0.1) is 22.7 Å². The molecule has 1 N–H and O–H groups in total. The van der Waals surface area contributed by atoms with Crippen molar-refractivity contribution in [2.75, 3.05) is 11.9 Å². The summed E-state index contributed by atoms with van der Waals surface area (Å²) in [7, 11) is 0. The van der Waals surface area contributed by atoms with Crippen molar-refractivity contribution in [2.24, 2.45) is 0 Å². The van der Waals surface area contributed by atoms with E-state index in [2.05, 4.69) is 0 Å². The molecule has 2 aromatic carbocycles. The largest absolute Gasteiger partial charge is 0.455 e. The Kier molecular flexibility index (Phi) is 6.97. The summed E-state index contributed by atoms with van der Waals surface area (Å²) in [5, 5.41) is 2.20. The van der Waals surface area contributed by atoms with Gasteiger partial charge in [-0.3, -0.25) is 9.59 Å². The van der Waals surface area contributed by atoms with Crippen molar-refractivity contribution in [3.63, 3.8) is 0 Å². The number of hydrogen-bond donors (Lipinski definition) is 1. The number of alkyl halides is 3. The summed E-state index contributed by atoms with van der Waals surface area (Å²) in [6, 6.07) is 7.71. The molecule has 0 radical (unpaired) electrons. The van der Waals surface area contributed by atoms with E-state index in [0.717, 1.165) is 12.1 Å². The van der Waals surface area contributed by atoms with Crippen molar-refractivity contribution in [3.8, 4) is 0 Å². The Balaban J connectivity index is 2.00. The fourth-order valence-corrected chi connectivity index (χ4v) is 2.86. The van der Waals surface area contributed by atoms with Crippen LogP contribution in [0.4, 0.5) is 18.9 Å². The zero-order valence-electron chi connectivity index (χ0n) is 13.4. The molecular weight excluding hydrogens is 430 g/mol. The fourth-order valence-electron chi connectivity index (χ4n) is 2.11. The lowest BCUT2D eigenvalue weighted by molar-refractivity contribution is -0.146. The summed E-state index contributed by atoms with van der Waals surface area (Å²) < 4.78 is 43.7. The molecule has 0 spiro atoms. The highest BCUT2D eigenvalue weighted by molar-refractivity contribution is 6.36. The quantitative estimate of drug-likeness (QED) is 0.634. The number of halogens is 6. The van der Waals surface area contributed by atoms with Gasteiger partial charge in [0.25, 0.3) is 5.91 Å². The number of carbonyl (C=O) groups is 2. The topological polar surface area (TPSA) is 55.4 Å². The molecule has 144 valence electrons. The van der Waals surface area contributed by atoms with E-state index in [9.17, 15) is 22.8 Å². The first-order chi connectivity index (χ1) is 12.6. The minimum atomic E-state index is -4.72. The summed E-state index contributed by atoms with van der Waals surface area (Å²) in [6.07, 6.45) is -5.02. The maximum Gasteiger partial charge on any atom is 0.418 e. The summed E-state index contributed by atoms with van der Waals surface area (Å²) in [6.45, 7) is -0.802. The molecule has 0 fully saturated rings. The molecule has 0 bridgehead atoms. The average molecular weight is 441 g/mol. The second-order valence-corrected chi connectivity index (χ2v) is 6.47. The van der Waals surface area contributed by atoms with E-state index in [-0.39, 0.29) is 21.5 Å². The minimum absolute atomic E-state index is 0.245. The van der Waals surface area contributed by atoms with E-state index >= 15 is 0 Å². The highest BCUT2D eigenvalue weighted by Crippen LogP contribution is 2.38. The molecule has 2 rings (SSSR count). The van der Waals surface area contributed by atoms with Crippen molar-refractivity contribution in [2.45, 2.75) is 12.6 Å². The second-order valence-electron chi connectivity index (χ2n) is 5.25. The number of esters is 1. The number of rotatable bonds is 5. The molecule has 27 heavy (non-hydrogen) atoms. The Hall–Kier alpha value is -1.96. The van der Waals surface area contributed by atoms with E-state index in [1.165, 1.54) is 18.2 Å². The standard InChI is InChI=1S/C17H11Cl3F3NO3/c18-11-4-2-5-12(19)9(11)7-15(26)27-8-14(25)24-16-10(17(21,22)23)3-1-6-13(16)20/h1-6H,7-8H2,(H,24,25). The highest BCUT2D eigenvalue weighted by atomic mass is 35.5. The first-order valence-electron chi connectivity index (χ1n) is 7.33. The molecule has 0 atom stereocenters. The van der Waals surface area contributed by atoms with Gasteiger partial charge in [0.15, 0.2) is 6.61 Å². The molecule has 0 aromatic heterocycles. The fraction of sp³-hybridized carbons (Fsp3) is 0.176. The van der Waals surface area contributed by atoms with Crippen molar-refractivity contribution in [1.82, 2.24) is 0 Å². The van der Waals surface area contributed by atoms with Crippen molar-refractivity contribution >= 4 is 52.4 Å². The summed E-state index contributed by atoms with van der Waals surface area (Å²) in [5.74, 6) is -1.80. The van der Waals surface area contributed by atoms with Crippen LogP contribution in [-0.2, 0) is 26.9 Å². The second kappa shape index (κ2) is 8.82. The van der Waals surface area contributed by atoms with E-state index < -0.39 is 35.9 Å². The van der Waals surface area contributed by atoms with Gasteiger partial charge < -0.3 is 10.1 Å².